The first-order valence-electron chi connectivity index (χ1n) is 17.8. The van der Waals surface area contributed by atoms with Gasteiger partial charge in [0.1, 0.15) is 47.1 Å². The molecule has 0 spiro atoms. The maximum absolute atomic E-state index is 17.3. The molecule has 1 amide bonds. The van der Waals surface area contributed by atoms with Crippen LogP contribution in [0.15, 0.2) is 18.2 Å². The molecule has 0 bridgehead atoms. The normalized spacial score (nSPS) is 23.6. The molecule has 0 aliphatic carbocycles. The van der Waals surface area contributed by atoms with Crippen molar-refractivity contribution in [2.45, 2.75) is 82.5 Å². The Labute approximate surface area is 311 Å². The Morgan fingerprint density at radius 2 is 2.02 bits per heavy atom. The van der Waals surface area contributed by atoms with E-state index in [1.807, 2.05) is 17.9 Å². The number of hydrogen-bond acceptors (Lipinski definition) is 10. The minimum Gasteiger partial charge on any atom is -0.461 e. The fourth-order valence-corrected chi connectivity index (χ4v) is 9.52. The van der Waals surface area contributed by atoms with Gasteiger partial charge in [-0.1, -0.05) is 6.07 Å². The lowest BCUT2D eigenvalue weighted by atomic mass is 9.92. The van der Waals surface area contributed by atoms with Crippen molar-refractivity contribution in [1.82, 2.24) is 19.8 Å². The zero-order valence-electron chi connectivity index (χ0n) is 30.1. The van der Waals surface area contributed by atoms with Crippen molar-refractivity contribution in [3.8, 4) is 23.2 Å². The van der Waals surface area contributed by atoms with Crippen LogP contribution < -0.4 is 15.4 Å². The highest BCUT2D eigenvalue weighted by Gasteiger charge is 2.49. The minimum atomic E-state index is -5.14. The number of nitriles is 1. The first-order chi connectivity index (χ1) is 25.6. The number of anilines is 2. The van der Waals surface area contributed by atoms with E-state index in [1.165, 1.54) is 7.11 Å². The Morgan fingerprint density at radius 3 is 2.70 bits per heavy atom. The molecule has 2 aromatic carbocycles. The van der Waals surface area contributed by atoms with Crippen molar-refractivity contribution in [1.29, 1.82) is 5.26 Å². The number of fused-ring (bicyclic) bond motifs is 3. The molecule has 10 nitrogen and oxygen atoms in total. The number of thiophene rings is 1. The van der Waals surface area contributed by atoms with E-state index in [0.29, 0.717) is 30.7 Å². The van der Waals surface area contributed by atoms with Crippen LogP contribution in [0.4, 0.5) is 37.2 Å². The summed E-state index contributed by atoms with van der Waals surface area (Å²) in [5.74, 6) is -2.52. The van der Waals surface area contributed by atoms with Gasteiger partial charge in [0.25, 0.3) is 5.91 Å². The molecule has 5 atom stereocenters. The SMILES string of the molecule is CCN(c1nc(OCC23CCCN2CC(F)C3)nc2c(F)c(-c3ccc(F)c4sc(N)c(C#N)c34)c(C(F)(F)F)cc12)C1CC(C)N(C(=O)C(C)OC)C1. The van der Waals surface area contributed by atoms with Gasteiger partial charge in [0.2, 0.25) is 0 Å². The third kappa shape index (κ3) is 6.25. The number of nitrogens with two attached hydrogens (primary N) is 1. The predicted molar refractivity (Wildman–Crippen MR) is 192 cm³/mol. The second kappa shape index (κ2) is 14.0. The minimum absolute atomic E-state index is 0.0322. The number of aromatic nitrogens is 2. The first-order valence-corrected chi connectivity index (χ1v) is 18.6. The van der Waals surface area contributed by atoms with Crippen molar-refractivity contribution >= 4 is 49.1 Å². The number of likely N-dealkylation sites (N-methyl/N-ethyl adjacent to an activating group) is 1. The molecular weight excluding hydrogens is 737 g/mol. The van der Waals surface area contributed by atoms with Gasteiger partial charge in [-0.05, 0) is 64.3 Å². The molecule has 17 heteroatoms. The summed E-state index contributed by atoms with van der Waals surface area (Å²) < 4.78 is 104. The molecule has 4 aromatic rings. The molecule has 3 fully saturated rings. The number of carbonyl (C=O) groups is 1. The van der Waals surface area contributed by atoms with Crippen LogP contribution in [-0.2, 0) is 15.7 Å². The van der Waals surface area contributed by atoms with Crippen LogP contribution in [0, 0.1) is 23.0 Å². The van der Waals surface area contributed by atoms with Crippen molar-refractivity contribution in [2.24, 2.45) is 0 Å². The number of likely N-dealkylation sites (tertiary alicyclic amines) is 1. The molecule has 7 rings (SSSR count). The van der Waals surface area contributed by atoms with Crippen LogP contribution in [0.25, 0.3) is 32.1 Å². The van der Waals surface area contributed by atoms with Crippen LogP contribution in [0.3, 0.4) is 0 Å². The predicted octanol–water partition coefficient (Wildman–Crippen LogP) is 7.07. The summed E-state index contributed by atoms with van der Waals surface area (Å²) in [7, 11) is 1.42. The summed E-state index contributed by atoms with van der Waals surface area (Å²) in [6, 6.07) is 3.47. The molecule has 3 saturated heterocycles. The molecule has 2 N–H and O–H groups in total. The van der Waals surface area contributed by atoms with Gasteiger partial charge in [-0.2, -0.15) is 28.4 Å². The summed E-state index contributed by atoms with van der Waals surface area (Å²) >= 11 is 0.676. The van der Waals surface area contributed by atoms with Gasteiger partial charge in [-0.3, -0.25) is 9.69 Å². The molecule has 3 aliphatic heterocycles. The van der Waals surface area contributed by atoms with Crippen LogP contribution >= 0.6 is 11.3 Å². The molecule has 54 heavy (non-hydrogen) atoms. The van der Waals surface area contributed by atoms with Crippen molar-refractivity contribution in [2.75, 3.05) is 50.5 Å². The number of halogens is 6. The molecule has 0 saturated carbocycles. The Bertz CT molecular complexity index is 2180. The quantitative estimate of drug-likeness (QED) is 0.178. The second-order valence-electron chi connectivity index (χ2n) is 14.3. The third-order valence-electron chi connectivity index (χ3n) is 11.2. The summed E-state index contributed by atoms with van der Waals surface area (Å²) in [6.45, 7) is 6.54. The Hall–Kier alpha value is -4.40. The third-order valence-corrected chi connectivity index (χ3v) is 12.2. The van der Waals surface area contributed by atoms with E-state index in [2.05, 4.69) is 9.97 Å². The summed E-state index contributed by atoms with van der Waals surface area (Å²) in [5, 5.41) is 9.24. The van der Waals surface area contributed by atoms with E-state index in [4.69, 9.17) is 15.2 Å². The molecule has 2 aromatic heterocycles. The lowest BCUT2D eigenvalue weighted by Gasteiger charge is -2.32. The van der Waals surface area contributed by atoms with E-state index in [-0.39, 0.29) is 88.0 Å². The van der Waals surface area contributed by atoms with Crippen molar-refractivity contribution in [3.05, 3.63) is 41.0 Å². The molecule has 288 valence electrons. The summed E-state index contributed by atoms with van der Waals surface area (Å²) in [4.78, 5) is 27.5. The number of carbonyl (C=O) groups excluding carboxylic acids is 1. The van der Waals surface area contributed by atoms with Gasteiger partial charge >= 0.3 is 12.2 Å². The Kier molecular flexibility index (Phi) is 9.84. The molecule has 5 heterocycles. The Morgan fingerprint density at radius 1 is 1.26 bits per heavy atom. The number of rotatable bonds is 9. The van der Waals surface area contributed by atoms with Gasteiger partial charge in [0.05, 0.1) is 21.4 Å². The number of nitrogen functional groups attached to an aromatic ring is 1. The number of benzene rings is 2. The van der Waals surface area contributed by atoms with E-state index < -0.39 is 58.3 Å². The number of alkyl halides is 4. The lowest BCUT2D eigenvalue weighted by Crippen LogP contribution is -2.44. The van der Waals surface area contributed by atoms with E-state index in [1.54, 1.807) is 23.6 Å². The second-order valence-corrected chi connectivity index (χ2v) is 15.4. The van der Waals surface area contributed by atoms with Gasteiger partial charge in [-0.25, -0.2) is 13.2 Å². The number of hydrogen-bond donors (Lipinski definition) is 1. The van der Waals surface area contributed by atoms with Gasteiger partial charge < -0.3 is 25.0 Å². The Balaban J connectivity index is 1.44. The van der Waals surface area contributed by atoms with Crippen molar-refractivity contribution < 1.29 is 40.6 Å². The van der Waals surface area contributed by atoms with E-state index >= 15 is 22.0 Å². The summed E-state index contributed by atoms with van der Waals surface area (Å²) in [5.41, 5.74) is 1.85. The molecular formula is C37H39F6N7O3S. The highest BCUT2D eigenvalue weighted by molar-refractivity contribution is 7.23. The van der Waals surface area contributed by atoms with Crippen LogP contribution in [-0.4, -0.2) is 95.5 Å². The van der Waals surface area contributed by atoms with E-state index in [9.17, 15) is 14.4 Å². The van der Waals surface area contributed by atoms with Crippen LogP contribution in [0.1, 0.15) is 57.6 Å². The average Bonchev–Trinajstić information content (AvgIpc) is 3.87. The number of amides is 1. The van der Waals surface area contributed by atoms with Gasteiger partial charge in [0, 0.05) is 61.6 Å². The van der Waals surface area contributed by atoms with Gasteiger partial charge in [0.15, 0.2) is 5.82 Å². The highest BCUT2D eigenvalue weighted by Crippen LogP contribution is 2.48. The molecule has 3 aliphatic rings. The van der Waals surface area contributed by atoms with Crippen molar-refractivity contribution in [3.63, 3.8) is 0 Å². The number of ether oxygens (including phenoxy) is 2. The zero-order valence-corrected chi connectivity index (χ0v) is 30.9. The number of nitrogens with zero attached hydrogens (tertiary/aromatic N) is 6. The first kappa shape index (κ1) is 37.9. The fraction of sp³-hybridized carbons (Fsp3) is 0.514. The zero-order chi connectivity index (χ0) is 38.9. The standard InChI is InChI=1S/C37H39F6N7O3S/c1-5-49(21-11-18(2)50(16-21)34(51)19(3)52-4)33-23-12-25(37(41,42)43)28(22-7-8-26(39)31-27(22)24(14-44)32(45)54-31)29(40)30(23)46-35(47-33)53-17-36-9-6-10-48(36)15-20(38)13-36/h7-8,12,18-21H,5-6,9-11,13,15-17,45H2,1-4H3. The number of methoxy groups -OCH3 is 1. The van der Waals surface area contributed by atoms with Crippen LogP contribution in [0.2, 0.25) is 0 Å². The monoisotopic (exact) mass is 775 g/mol. The summed E-state index contributed by atoms with van der Waals surface area (Å²) in [6.07, 6.45) is -4.82. The lowest BCUT2D eigenvalue weighted by molar-refractivity contribution is -0.141. The van der Waals surface area contributed by atoms with E-state index in [0.717, 1.165) is 24.6 Å². The highest BCUT2D eigenvalue weighted by atomic mass is 32.1. The topological polar surface area (TPSA) is 121 Å². The average molecular weight is 776 g/mol. The maximum atomic E-state index is 17.3. The van der Waals surface area contributed by atoms with Gasteiger partial charge in [-0.15, -0.1) is 11.3 Å². The largest absolute Gasteiger partial charge is 0.461 e. The van der Waals surface area contributed by atoms with Crippen LogP contribution in [0.5, 0.6) is 6.01 Å². The maximum Gasteiger partial charge on any atom is 0.417 e. The molecule has 5 unspecified atom stereocenters. The fourth-order valence-electron chi connectivity index (χ4n) is 8.57. The molecule has 0 radical (unpaired) electrons. The smallest absolute Gasteiger partial charge is 0.417 e.